The predicted octanol–water partition coefficient (Wildman–Crippen LogP) is 3.92. The molecule has 1 heterocycles. The van der Waals surface area contributed by atoms with Gasteiger partial charge in [0.25, 0.3) is 5.91 Å². The average Bonchev–Trinajstić information content (AvgIpc) is 2.59. The molecule has 1 saturated heterocycles. The van der Waals surface area contributed by atoms with Gasteiger partial charge in [-0.2, -0.15) is 0 Å². The standard InChI is InChI=1S/C18H24F2N2O.ClH/c19-16-11-13(18(23)22-14-4-2-1-3-5-14)10-15(17(16)20)12-6-8-21-9-7-12;/h10-12,14,21H,1-9H2,(H,22,23);1H. The van der Waals surface area contributed by atoms with Gasteiger partial charge in [0.05, 0.1) is 0 Å². The molecule has 134 valence electrons. The van der Waals surface area contributed by atoms with Crippen LogP contribution in [0.5, 0.6) is 0 Å². The van der Waals surface area contributed by atoms with Gasteiger partial charge < -0.3 is 10.6 Å². The number of rotatable bonds is 3. The molecule has 0 unspecified atom stereocenters. The maximum absolute atomic E-state index is 14.2. The van der Waals surface area contributed by atoms with Crippen molar-refractivity contribution in [3.63, 3.8) is 0 Å². The Kier molecular flexibility index (Phi) is 6.99. The highest BCUT2D eigenvalue weighted by atomic mass is 35.5. The Balaban J connectivity index is 0.00000208. The fourth-order valence-electron chi connectivity index (χ4n) is 3.69. The maximum atomic E-state index is 14.2. The lowest BCUT2D eigenvalue weighted by Gasteiger charge is -2.25. The van der Waals surface area contributed by atoms with Crippen LogP contribution in [0.3, 0.4) is 0 Å². The summed E-state index contributed by atoms with van der Waals surface area (Å²) >= 11 is 0. The third-order valence-corrected chi connectivity index (χ3v) is 5.04. The smallest absolute Gasteiger partial charge is 0.251 e. The summed E-state index contributed by atoms with van der Waals surface area (Å²) in [5.41, 5.74) is 0.586. The number of amides is 1. The molecule has 0 radical (unpaired) electrons. The Bertz CT molecular complexity index is 570. The zero-order valence-electron chi connectivity index (χ0n) is 13.7. The lowest BCUT2D eigenvalue weighted by atomic mass is 9.88. The number of carbonyl (C=O) groups is 1. The first-order valence-corrected chi connectivity index (χ1v) is 8.65. The Hall–Kier alpha value is -1.20. The quantitative estimate of drug-likeness (QED) is 0.860. The van der Waals surface area contributed by atoms with Crippen molar-refractivity contribution in [2.24, 2.45) is 0 Å². The van der Waals surface area contributed by atoms with E-state index in [0.29, 0.717) is 5.56 Å². The van der Waals surface area contributed by atoms with Crippen molar-refractivity contribution >= 4 is 18.3 Å². The molecule has 0 bridgehead atoms. The Morgan fingerprint density at radius 3 is 2.38 bits per heavy atom. The van der Waals surface area contributed by atoms with Crippen molar-refractivity contribution in [2.75, 3.05) is 13.1 Å². The number of hydrogen-bond donors (Lipinski definition) is 2. The summed E-state index contributed by atoms with van der Waals surface area (Å²) < 4.78 is 28.1. The largest absolute Gasteiger partial charge is 0.349 e. The molecule has 1 aliphatic carbocycles. The molecular formula is C18H25ClF2N2O. The molecule has 2 aliphatic rings. The van der Waals surface area contributed by atoms with Crippen molar-refractivity contribution < 1.29 is 13.6 Å². The van der Waals surface area contributed by atoms with E-state index in [1.807, 2.05) is 0 Å². The molecule has 24 heavy (non-hydrogen) atoms. The first-order chi connectivity index (χ1) is 11.1. The van der Waals surface area contributed by atoms with Crippen LogP contribution in [0.2, 0.25) is 0 Å². The van der Waals surface area contributed by atoms with Crippen molar-refractivity contribution in [2.45, 2.75) is 56.9 Å². The van der Waals surface area contributed by atoms with Gasteiger partial charge >= 0.3 is 0 Å². The van der Waals surface area contributed by atoms with Gasteiger partial charge in [-0.15, -0.1) is 12.4 Å². The van der Waals surface area contributed by atoms with Crippen LogP contribution in [-0.2, 0) is 0 Å². The summed E-state index contributed by atoms with van der Waals surface area (Å²) in [6, 6.07) is 2.73. The molecule has 0 aromatic heterocycles. The number of benzene rings is 1. The number of hydrogen-bond acceptors (Lipinski definition) is 2. The first-order valence-electron chi connectivity index (χ1n) is 8.65. The van der Waals surface area contributed by atoms with Gasteiger partial charge in [-0.05, 0) is 62.4 Å². The fraction of sp³-hybridized carbons (Fsp3) is 0.611. The van der Waals surface area contributed by atoms with Crippen LogP contribution in [0, 0.1) is 11.6 Å². The van der Waals surface area contributed by atoms with Crippen LogP contribution >= 0.6 is 12.4 Å². The van der Waals surface area contributed by atoms with E-state index >= 15 is 0 Å². The maximum Gasteiger partial charge on any atom is 0.251 e. The lowest BCUT2D eigenvalue weighted by Crippen LogP contribution is -2.36. The third kappa shape index (κ3) is 4.45. The van der Waals surface area contributed by atoms with E-state index in [4.69, 9.17) is 0 Å². The van der Waals surface area contributed by atoms with Crippen LogP contribution in [-0.4, -0.2) is 25.0 Å². The zero-order chi connectivity index (χ0) is 16.2. The molecule has 1 saturated carbocycles. The fourth-order valence-corrected chi connectivity index (χ4v) is 3.69. The van der Waals surface area contributed by atoms with E-state index in [-0.39, 0.29) is 35.8 Å². The minimum absolute atomic E-state index is 0. The van der Waals surface area contributed by atoms with Gasteiger partial charge in [0, 0.05) is 11.6 Å². The second-order valence-corrected chi connectivity index (χ2v) is 6.69. The molecule has 2 fully saturated rings. The number of nitrogens with one attached hydrogen (secondary N) is 2. The average molecular weight is 359 g/mol. The summed E-state index contributed by atoms with van der Waals surface area (Å²) in [6.07, 6.45) is 6.91. The van der Waals surface area contributed by atoms with E-state index < -0.39 is 11.6 Å². The van der Waals surface area contributed by atoms with E-state index in [9.17, 15) is 13.6 Å². The molecule has 1 aromatic rings. The molecule has 3 nitrogen and oxygen atoms in total. The third-order valence-electron chi connectivity index (χ3n) is 5.04. The molecule has 3 rings (SSSR count). The predicted molar refractivity (Wildman–Crippen MR) is 92.8 cm³/mol. The second-order valence-electron chi connectivity index (χ2n) is 6.69. The van der Waals surface area contributed by atoms with Gasteiger partial charge in [-0.3, -0.25) is 4.79 Å². The van der Waals surface area contributed by atoms with Crippen molar-refractivity contribution in [1.82, 2.24) is 10.6 Å². The summed E-state index contributed by atoms with van der Waals surface area (Å²) in [7, 11) is 0. The van der Waals surface area contributed by atoms with Gasteiger partial charge in [0.2, 0.25) is 0 Å². The highest BCUT2D eigenvalue weighted by molar-refractivity contribution is 5.94. The van der Waals surface area contributed by atoms with E-state index in [1.54, 1.807) is 6.07 Å². The van der Waals surface area contributed by atoms with E-state index in [0.717, 1.165) is 57.7 Å². The highest BCUT2D eigenvalue weighted by Crippen LogP contribution is 2.30. The Morgan fingerprint density at radius 2 is 1.71 bits per heavy atom. The lowest BCUT2D eigenvalue weighted by molar-refractivity contribution is 0.0927. The van der Waals surface area contributed by atoms with Crippen molar-refractivity contribution in [3.05, 3.63) is 34.9 Å². The van der Waals surface area contributed by atoms with Crippen LogP contribution in [0.4, 0.5) is 8.78 Å². The summed E-state index contributed by atoms with van der Waals surface area (Å²) in [4.78, 5) is 12.4. The minimum atomic E-state index is -0.921. The van der Waals surface area contributed by atoms with Gasteiger partial charge in [0.15, 0.2) is 11.6 Å². The monoisotopic (exact) mass is 358 g/mol. The van der Waals surface area contributed by atoms with Crippen molar-refractivity contribution in [1.29, 1.82) is 0 Å². The number of piperidine rings is 1. The van der Waals surface area contributed by atoms with Crippen LogP contribution in [0.15, 0.2) is 12.1 Å². The summed E-state index contributed by atoms with van der Waals surface area (Å²) in [5.74, 6) is -2.03. The van der Waals surface area contributed by atoms with Crippen LogP contribution in [0.25, 0.3) is 0 Å². The first kappa shape index (κ1) is 19.1. The van der Waals surface area contributed by atoms with Crippen molar-refractivity contribution in [3.8, 4) is 0 Å². The molecular weight excluding hydrogens is 334 g/mol. The van der Waals surface area contributed by atoms with Gasteiger partial charge in [-0.25, -0.2) is 8.78 Å². The summed E-state index contributed by atoms with van der Waals surface area (Å²) in [5, 5.41) is 6.19. The second kappa shape index (κ2) is 8.77. The molecule has 2 N–H and O–H groups in total. The molecule has 1 aliphatic heterocycles. The SMILES string of the molecule is Cl.O=C(NC1CCCCC1)c1cc(F)c(F)c(C2CCNCC2)c1. The highest BCUT2D eigenvalue weighted by Gasteiger charge is 2.24. The molecule has 1 amide bonds. The number of carbonyl (C=O) groups excluding carboxylic acids is 1. The number of halogens is 3. The topological polar surface area (TPSA) is 41.1 Å². The molecule has 0 atom stereocenters. The normalized spacial score (nSPS) is 19.6. The van der Waals surface area contributed by atoms with E-state index in [1.165, 1.54) is 6.42 Å². The van der Waals surface area contributed by atoms with Gasteiger partial charge in [-0.1, -0.05) is 19.3 Å². The Labute approximate surface area is 148 Å². The molecule has 1 aromatic carbocycles. The molecule has 6 heteroatoms. The van der Waals surface area contributed by atoms with Gasteiger partial charge in [0.1, 0.15) is 0 Å². The van der Waals surface area contributed by atoms with E-state index in [2.05, 4.69) is 10.6 Å². The zero-order valence-corrected chi connectivity index (χ0v) is 14.6. The summed E-state index contributed by atoms with van der Waals surface area (Å²) in [6.45, 7) is 1.59. The van der Waals surface area contributed by atoms with Crippen LogP contribution < -0.4 is 10.6 Å². The Morgan fingerprint density at radius 1 is 1.04 bits per heavy atom. The molecule has 0 spiro atoms. The van der Waals surface area contributed by atoms with Crippen LogP contribution in [0.1, 0.15) is 66.8 Å². The minimum Gasteiger partial charge on any atom is -0.349 e.